The molecule has 3 aromatic carbocycles. The van der Waals surface area contributed by atoms with Crippen LogP contribution in [0.15, 0.2) is 83.0 Å². The maximum atomic E-state index is 5.97. The van der Waals surface area contributed by atoms with Crippen molar-refractivity contribution >= 4 is 72.7 Å². The smallest absolute Gasteiger partial charge is 0.198 e. The highest BCUT2D eigenvalue weighted by Crippen LogP contribution is 2.38. The maximum Gasteiger partial charge on any atom is 0.198 e. The number of nitrogens with zero attached hydrogens (tertiary/aromatic N) is 4. The number of para-hydroxylation sites is 2. The molecule has 2 heterocycles. The molecule has 2 aromatic heterocycles. The lowest BCUT2D eigenvalue weighted by atomic mass is 10.3. The Balaban J connectivity index is 1.55. The predicted molar refractivity (Wildman–Crippen MR) is 125 cm³/mol. The number of thiazole rings is 1. The van der Waals surface area contributed by atoms with E-state index < -0.39 is 0 Å². The number of imidazole rings is 1. The number of benzene rings is 3. The molecule has 6 nitrogen and oxygen atoms in total. The number of aromatic nitrogens is 2. The van der Waals surface area contributed by atoms with E-state index in [1.165, 1.54) is 11.3 Å². The van der Waals surface area contributed by atoms with Crippen molar-refractivity contribution in [3.63, 3.8) is 0 Å². The lowest BCUT2D eigenvalue weighted by Gasteiger charge is -2.08. The van der Waals surface area contributed by atoms with Gasteiger partial charge in [-0.15, -0.1) is 10.2 Å². The molecule has 0 aliphatic heterocycles. The summed E-state index contributed by atoms with van der Waals surface area (Å²) in [6.07, 6.45) is 0. The topological polar surface area (TPSA) is 66.1 Å². The van der Waals surface area contributed by atoms with Crippen LogP contribution >= 0.6 is 34.5 Å². The fourth-order valence-electron chi connectivity index (χ4n) is 2.96. The van der Waals surface area contributed by atoms with E-state index in [9.17, 15) is 0 Å². The number of anilines is 2. The summed E-state index contributed by atoms with van der Waals surface area (Å²) in [6.45, 7) is 0. The Bertz CT molecular complexity index is 1360. The van der Waals surface area contributed by atoms with Gasteiger partial charge in [0.05, 0.1) is 22.4 Å². The summed E-state index contributed by atoms with van der Waals surface area (Å²) >= 11 is 13.4. The van der Waals surface area contributed by atoms with Crippen LogP contribution in [0, 0.1) is 0 Å². The summed E-state index contributed by atoms with van der Waals surface area (Å²) in [6, 6.07) is 22.6. The van der Waals surface area contributed by atoms with Crippen molar-refractivity contribution < 1.29 is 0 Å². The monoisotopic (exact) mass is 452 g/mol. The Kier molecular flexibility index (Phi) is 5.00. The van der Waals surface area contributed by atoms with E-state index >= 15 is 0 Å². The summed E-state index contributed by atoms with van der Waals surface area (Å²) in [4.78, 5) is 5.53. The molecule has 0 amide bonds. The van der Waals surface area contributed by atoms with Crippen LogP contribution < -0.4 is 10.9 Å². The van der Waals surface area contributed by atoms with E-state index in [4.69, 9.17) is 28.2 Å². The fraction of sp³-hybridized carbons (Fsp3) is 0. The lowest BCUT2D eigenvalue weighted by molar-refractivity contribution is 1.14. The second-order valence-electron chi connectivity index (χ2n) is 6.41. The molecule has 2 N–H and O–H groups in total. The first-order valence-electron chi connectivity index (χ1n) is 9.02. The van der Waals surface area contributed by atoms with Gasteiger partial charge in [-0.3, -0.25) is 9.83 Å². The number of nitrogens with one attached hydrogen (secondary N) is 2. The molecule has 30 heavy (non-hydrogen) atoms. The van der Waals surface area contributed by atoms with Gasteiger partial charge in [-0.05, 0) is 60.7 Å². The molecule has 5 aromatic rings. The summed E-state index contributed by atoms with van der Waals surface area (Å²) in [7, 11) is 0. The van der Waals surface area contributed by atoms with E-state index in [1.807, 2.05) is 65.1 Å². The van der Waals surface area contributed by atoms with Crippen LogP contribution in [-0.4, -0.2) is 9.38 Å². The Labute approximate surface area is 185 Å². The molecule has 0 aliphatic carbocycles. The van der Waals surface area contributed by atoms with Crippen LogP contribution in [-0.2, 0) is 0 Å². The number of azo groups is 1. The van der Waals surface area contributed by atoms with Crippen LogP contribution in [0.2, 0.25) is 10.0 Å². The Morgan fingerprint density at radius 3 is 2.27 bits per heavy atom. The number of hydrogen-bond donors (Lipinski definition) is 2. The lowest BCUT2D eigenvalue weighted by Crippen LogP contribution is -2.07. The normalized spacial score (nSPS) is 11.5. The van der Waals surface area contributed by atoms with Crippen molar-refractivity contribution in [2.24, 2.45) is 10.2 Å². The minimum Gasteiger partial charge on any atom is -0.300 e. The van der Waals surface area contributed by atoms with E-state index in [0.717, 1.165) is 26.7 Å². The van der Waals surface area contributed by atoms with Crippen molar-refractivity contribution in [1.82, 2.24) is 9.38 Å². The van der Waals surface area contributed by atoms with Gasteiger partial charge >= 0.3 is 0 Å². The van der Waals surface area contributed by atoms with Crippen LogP contribution in [0.3, 0.4) is 0 Å². The van der Waals surface area contributed by atoms with E-state index in [-0.39, 0.29) is 0 Å². The molecule has 5 rings (SSSR count). The van der Waals surface area contributed by atoms with Gasteiger partial charge in [0.2, 0.25) is 0 Å². The summed E-state index contributed by atoms with van der Waals surface area (Å²) in [5, 5.41) is 11.0. The molecular formula is C21H14Cl2N6S. The zero-order chi connectivity index (χ0) is 20.5. The number of rotatable bonds is 5. The molecule has 0 saturated carbocycles. The molecule has 0 saturated heterocycles. The zero-order valence-electron chi connectivity index (χ0n) is 15.4. The van der Waals surface area contributed by atoms with Gasteiger partial charge < -0.3 is 5.43 Å². The SMILES string of the molecule is Clc1ccc(N=Nc2c(NNc3ccc(Cl)cc3)sc3nc4ccccc4n23)cc1. The first-order valence-corrected chi connectivity index (χ1v) is 10.6. The number of hydrazine groups is 1. The Hall–Kier alpha value is -3.13. The predicted octanol–water partition coefficient (Wildman–Crippen LogP) is 7.71. The van der Waals surface area contributed by atoms with Gasteiger partial charge in [0.15, 0.2) is 15.8 Å². The highest BCUT2D eigenvalue weighted by atomic mass is 35.5. The van der Waals surface area contributed by atoms with Gasteiger partial charge in [0, 0.05) is 10.0 Å². The average molecular weight is 453 g/mol. The molecule has 0 spiro atoms. The average Bonchev–Trinajstić information content (AvgIpc) is 3.28. The molecule has 0 atom stereocenters. The van der Waals surface area contributed by atoms with Gasteiger partial charge in [-0.2, -0.15) is 0 Å². The Morgan fingerprint density at radius 1 is 0.800 bits per heavy atom. The highest BCUT2D eigenvalue weighted by Gasteiger charge is 2.17. The first kappa shape index (κ1) is 18.9. The van der Waals surface area contributed by atoms with Gasteiger partial charge in [0.1, 0.15) is 0 Å². The van der Waals surface area contributed by atoms with Crippen molar-refractivity contribution in [2.75, 3.05) is 10.9 Å². The highest BCUT2D eigenvalue weighted by molar-refractivity contribution is 7.21. The number of halogens is 2. The second kappa shape index (κ2) is 7.95. The molecule has 148 valence electrons. The molecule has 0 radical (unpaired) electrons. The minimum atomic E-state index is 0.653. The number of fused-ring (bicyclic) bond motifs is 3. The second-order valence-corrected chi connectivity index (χ2v) is 8.26. The third-order valence-electron chi connectivity index (χ3n) is 4.39. The van der Waals surface area contributed by atoms with Gasteiger partial charge in [-0.25, -0.2) is 4.98 Å². The van der Waals surface area contributed by atoms with Crippen LogP contribution in [0.5, 0.6) is 0 Å². The van der Waals surface area contributed by atoms with Crippen molar-refractivity contribution in [3.8, 4) is 0 Å². The summed E-state index contributed by atoms with van der Waals surface area (Å²) in [5.74, 6) is 0.653. The third kappa shape index (κ3) is 3.70. The van der Waals surface area contributed by atoms with Gasteiger partial charge in [-0.1, -0.05) is 46.7 Å². The van der Waals surface area contributed by atoms with Crippen molar-refractivity contribution in [1.29, 1.82) is 0 Å². The van der Waals surface area contributed by atoms with Crippen LogP contribution in [0.25, 0.3) is 16.0 Å². The minimum absolute atomic E-state index is 0.653. The fourth-order valence-corrected chi connectivity index (χ4v) is 4.14. The Morgan fingerprint density at radius 2 is 1.50 bits per heavy atom. The first-order chi connectivity index (χ1) is 14.7. The quantitative estimate of drug-likeness (QED) is 0.212. The van der Waals surface area contributed by atoms with Crippen molar-refractivity contribution in [3.05, 3.63) is 82.8 Å². The molecule has 9 heteroatoms. The molecule has 0 bridgehead atoms. The largest absolute Gasteiger partial charge is 0.300 e. The number of hydrogen-bond acceptors (Lipinski definition) is 6. The molecule has 0 aliphatic rings. The summed E-state index contributed by atoms with van der Waals surface area (Å²) < 4.78 is 1.99. The molecule has 0 fully saturated rings. The van der Waals surface area contributed by atoms with E-state index in [2.05, 4.69) is 21.1 Å². The zero-order valence-corrected chi connectivity index (χ0v) is 17.7. The molecular weight excluding hydrogens is 439 g/mol. The van der Waals surface area contributed by atoms with Crippen LogP contribution in [0.1, 0.15) is 0 Å². The summed E-state index contributed by atoms with van der Waals surface area (Å²) in [5.41, 5.74) is 9.85. The third-order valence-corrected chi connectivity index (χ3v) is 5.84. The van der Waals surface area contributed by atoms with Gasteiger partial charge in [0.25, 0.3) is 0 Å². The standard InChI is InChI=1S/C21H14Cl2N6S/c22-13-5-9-15(10-6-13)25-27-19-20(28-26-16-11-7-14(23)8-12-16)30-21-24-17-3-1-2-4-18(17)29(19)21/h1-12,26,28H. The van der Waals surface area contributed by atoms with E-state index in [0.29, 0.717) is 21.6 Å². The van der Waals surface area contributed by atoms with Crippen LogP contribution in [0.4, 0.5) is 22.2 Å². The van der Waals surface area contributed by atoms with E-state index in [1.54, 1.807) is 12.1 Å². The molecule has 0 unspecified atom stereocenters. The van der Waals surface area contributed by atoms with Crippen molar-refractivity contribution in [2.45, 2.75) is 0 Å². The maximum absolute atomic E-state index is 5.97.